The molecule has 1 aliphatic heterocycles. The quantitative estimate of drug-likeness (QED) is 0.315. The Labute approximate surface area is 216 Å². The van der Waals surface area contributed by atoms with E-state index in [2.05, 4.69) is 17.9 Å². The van der Waals surface area contributed by atoms with Crippen molar-refractivity contribution in [1.82, 2.24) is 4.90 Å². The molecule has 36 heavy (non-hydrogen) atoms. The summed E-state index contributed by atoms with van der Waals surface area (Å²) in [6.45, 7) is 6.40. The van der Waals surface area contributed by atoms with Gasteiger partial charge in [-0.2, -0.15) is 0 Å². The van der Waals surface area contributed by atoms with Crippen LogP contribution in [0.15, 0.2) is 18.2 Å². The number of aliphatic hydroxyl groups is 2. The molecule has 4 rings (SSSR count). The van der Waals surface area contributed by atoms with E-state index in [1.165, 1.54) is 24.0 Å². The number of benzene rings is 1. The van der Waals surface area contributed by atoms with Crippen LogP contribution in [0.3, 0.4) is 0 Å². The molecule has 2 fully saturated rings. The first-order valence-electron chi connectivity index (χ1n) is 14.1. The van der Waals surface area contributed by atoms with Gasteiger partial charge in [0.05, 0.1) is 25.4 Å². The summed E-state index contributed by atoms with van der Waals surface area (Å²) in [6, 6.07) is 6.09. The van der Waals surface area contributed by atoms with Crippen molar-refractivity contribution in [2.75, 3.05) is 46.1 Å². The second-order valence-corrected chi connectivity index (χ2v) is 10.9. The summed E-state index contributed by atoms with van der Waals surface area (Å²) >= 11 is 0. The minimum Gasteiger partial charge on any atom is -0.482 e. The molecule has 0 unspecified atom stereocenters. The Balaban J connectivity index is 1.26. The Kier molecular flexibility index (Phi) is 10.5. The monoisotopic (exact) mass is 503 g/mol. The largest absolute Gasteiger partial charge is 0.482 e. The van der Waals surface area contributed by atoms with Crippen molar-refractivity contribution < 1.29 is 29.2 Å². The third-order valence-corrected chi connectivity index (χ3v) is 8.44. The van der Waals surface area contributed by atoms with Crippen molar-refractivity contribution in [2.45, 2.75) is 76.9 Å². The van der Waals surface area contributed by atoms with Crippen LogP contribution in [0.5, 0.6) is 5.75 Å². The first-order chi connectivity index (χ1) is 17.5. The molecule has 7 heteroatoms. The molecule has 0 amide bonds. The lowest BCUT2D eigenvalue weighted by Gasteiger charge is -2.32. The van der Waals surface area contributed by atoms with Crippen LogP contribution in [0.1, 0.15) is 63.0 Å². The lowest BCUT2D eigenvalue weighted by molar-refractivity contribution is -0.146. The Morgan fingerprint density at radius 1 is 1.19 bits per heavy atom. The number of ether oxygens (including phenoxy) is 3. The van der Waals surface area contributed by atoms with Crippen LogP contribution in [0, 0.1) is 17.8 Å². The van der Waals surface area contributed by atoms with Crippen molar-refractivity contribution in [3.8, 4) is 5.75 Å². The molecule has 202 valence electrons. The zero-order chi connectivity index (χ0) is 25.3. The lowest BCUT2D eigenvalue weighted by atomic mass is 9.73. The molecule has 2 N–H and O–H groups in total. The lowest BCUT2D eigenvalue weighted by Crippen LogP contribution is -2.38. The summed E-state index contributed by atoms with van der Waals surface area (Å²) in [6.07, 6.45) is 7.98. The average Bonchev–Trinajstić information content (AvgIpc) is 3.19. The summed E-state index contributed by atoms with van der Waals surface area (Å²) in [5.41, 5.74) is 2.43. The van der Waals surface area contributed by atoms with Gasteiger partial charge < -0.3 is 24.4 Å². The van der Waals surface area contributed by atoms with Gasteiger partial charge in [0.1, 0.15) is 12.4 Å². The first-order valence-corrected chi connectivity index (χ1v) is 14.1. The highest BCUT2D eigenvalue weighted by atomic mass is 16.6. The molecule has 0 aromatic heterocycles. The second kappa shape index (κ2) is 13.8. The molecule has 0 bridgehead atoms. The van der Waals surface area contributed by atoms with Crippen LogP contribution < -0.4 is 4.74 Å². The van der Waals surface area contributed by atoms with E-state index in [0.29, 0.717) is 18.4 Å². The molecule has 1 saturated heterocycles. The van der Waals surface area contributed by atoms with E-state index in [4.69, 9.17) is 14.2 Å². The maximum Gasteiger partial charge on any atom is 0.344 e. The number of esters is 1. The smallest absolute Gasteiger partial charge is 0.344 e. The normalized spacial score (nSPS) is 26.8. The van der Waals surface area contributed by atoms with E-state index < -0.39 is 0 Å². The summed E-state index contributed by atoms with van der Waals surface area (Å²) in [7, 11) is 0. The number of hydrogen-bond donors (Lipinski definition) is 2. The zero-order valence-corrected chi connectivity index (χ0v) is 21.9. The van der Waals surface area contributed by atoms with Gasteiger partial charge in [-0.15, -0.1) is 0 Å². The molecular formula is C29H45NO6. The van der Waals surface area contributed by atoms with E-state index in [1.807, 2.05) is 12.1 Å². The van der Waals surface area contributed by atoms with Gasteiger partial charge in [0.25, 0.3) is 0 Å². The second-order valence-electron chi connectivity index (χ2n) is 10.9. The fourth-order valence-corrected chi connectivity index (χ4v) is 6.39. The number of aliphatic hydroxyl groups excluding tert-OH is 2. The third-order valence-electron chi connectivity index (χ3n) is 8.44. The highest BCUT2D eigenvalue weighted by molar-refractivity contribution is 5.71. The number of carbonyl (C=O) groups is 1. The standard InChI is InChI=1S/C29H45NO6/c1-2-3-4-7-23(31)9-10-24-25-17-21-6-5-8-28(26(21)18-22(25)19-27(24)32)36-20-29(33)35-16-13-30-11-14-34-15-12-30/h5-6,8,22-25,27,31-32H,2-4,7,9-20H2,1H3/t22-,23+,24+,25-,27+/m0/s1. The first kappa shape index (κ1) is 27.4. The Hall–Kier alpha value is -1.67. The predicted octanol–water partition coefficient (Wildman–Crippen LogP) is 3.37. The Bertz CT molecular complexity index is 826. The number of morpholine rings is 1. The minimum atomic E-state index is -0.344. The molecule has 0 radical (unpaired) electrons. The van der Waals surface area contributed by atoms with Crippen molar-refractivity contribution >= 4 is 5.97 Å². The van der Waals surface area contributed by atoms with E-state index in [-0.39, 0.29) is 30.7 Å². The molecule has 5 atom stereocenters. The van der Waals surface area contributed by atoms with Crippen LogP contribution in [-0.4, -0.2) is 79.4 Å². The van der Waals surface area contributed by atoms with Gasteiger partial charge >= 0.3 is 5.97 Å². The molecule has 7 nitrogen and oxygen atoms in total. The van der Waals surface area contributed by atoms with Gasteiger partial charge in [-0.05, 0) is 73.5 Å². The Morgan fingerprint density at radius 3 is 2.83 bits per heavy atom. The maximum absolute atomic E-state index is 12.3. The predicted molar refractivity (Wildman–Crippen MR) is 138 cm³/mol. The van der Waals surface area contributed by atoms with Gasteiger partial charge in [0, 0.05) is 19.6 Å². The summed E-state index contributed by atoms with van der Waals surface area (Å²) in [4.78, 5) is 14.5. The van der Waals surface area contributed by atoms with Crippen molar-refractivity contribution in [3.05, 3.63) is 29.3 Å². The van der Waals surface area contributed by atoms with E-state index in [1.54, 1.807) is 0 Å². The molecule has 1 aromatic rings. The number of rotatable bonds is 13. The minimum absolute atomic E-state index is 0.0885. The van der Waals surface area contributed by atoms with Crippen LogP contribution in [0.25, 0.3) is 0 Å². The molecule has 1 aromatic carbocycles. The fourth-order valence-electron chi connectivity index (χ4n) is 6.39. The average molecular weight is 504 g/mol. The van der Waals surface area contributed by atoms with Gasteiger partial charge in [-0.1, -0.05) is 38.3 Å². The Morgan fingerprint density at radius 2 is 2.03 bits per heavy atom. The molecule has 1 saturated carbocycles. The fraction of sp³-hybridized carbons (Fsp3) is 0.759. The summed E-state index contributed by atoms with van der Waals surface area (Å²) in [5.74, 6) is 1.52. The molecule has 1 heterocycles. The van der Waals surface area contributed by atoms with Crippen LogP contribution >= 0.6 is 0 Å². The third kappa shape index (κ3) is 7.44. The molecular weight excluding hydrogens is 458 g/mol. The van der Waals surface area contributed by atoms with E-state index in [9.17, 15) is 15.0 Å². The van der Waals surface area contributed by atoms with E-state index >= 15 is 0 Å². The van der Waals surface area contributed by atoms with Gasteiger partial charge in [0.15, 0.2) is 6.61 Å². The number of nitrogens with zero attached hydrogens (tertiary/aromatic N) is 1. The molecule has 3 aliphatic rings. The zero-order valence-electron chi connectivity index (χ0n) is 21.9. The number of fused-ring (bicyclic) bond motifs is 2. The molecule has 2 aliphatic carbocycles. The van der Waals surface area contributed by atoms with Crippen molar-refractivity contribution in [2.24, 2.45) is 17.8 Å². The highest BCUT2D eigenvalue weighted by Gasteiger charge is 2.44. The highest BCUT2D eigenvalue weighted by Crippen LogP contribution is 2.48. The number of unbranched alkanes of at least 4 members (excludes halogenated alkanes) is 2. The van der Waals surface area contributed by atoms with Crippen LogP contribution in [-0.2, 0) is 27.1 Å². The summed E-state index contributed by atoms with van der Waals surface area (Å²) < 4.78 is 16.7. The summed E-state index contributed by atoms with van der Waals surface area (Å²) in [5, 5.41) is 21.3. The SMILES string of the molecule is CCCCC[C@@H](O)CC[C@@H]1[C@H]2Cc3cccc(OCC(=O)OCCN4CCOCC4)c3C[C@H]2C[C@H]1O. The number of hydrogen-bond acceptors (Lipinski definition) is 7. The molecule has 0 spiro atoms. The van der Waals surface area contributed by atoms with Crippen molar-refractivity contribution in [1.29, 1.82) is 0 Å². The van der Waals surface area contributed by atoms with Crippen molar-refractivity contribution in [3.63, 3.8) is 0 Å². The van der Waals surface area contributed by atoms with Gasteiger partial charge in [-0.25, -0.2) is 4.79 Å². The van der Waals surface area contributed by atoms with Crippen LogP contribution in [0.2, 0.25) is 0 Å². The number of carbonyl (C=O) groups excluding carboxylic acids is 1. The van der Waals surface area contributed by atoms with Crippen LogP contribution in [0.4, 0.5) is 0 Å². The van der Waals surface area contributed by atoms with Gasteiger partial charge in [-0.3, -0.25) is 4.90 Å². The van der Waals surface area contributed by atoms with E-state index in [0.717, 1.165) is 83.5 Å². The van der Waals surface area contributed by atoms with Gasteiger partial charge in [0.2, 0.25) is 0 Å². The topological polar surface area (TPSA) is 88.5 Å². The maximum atomic E-state index is 12.3.